The van der Waals surface area contributed by atoms with E-state index < -0.39 is 6.04 Å². The van der Waals surface area contributed by atoms with Crippen LogP contribution in [0.4, 0.5) is 11.4 Å². The minimum absolute atomic E-state index is 0.150. The largest absolute Gasteiger partial charge is 0.497 e. The summed E-state index contributed by atoms with van der Waals surface area (Å²) >= 11 is 0. The number of benzene rings is 2. The van der Waals surface area contributed by atoms with Crippen molar-refractivity contribution in [3.8, 4) is 11.5 Å². The molecule has 2 amide bonds. The van der Waals surface area contributed by atoms with Gasteiger partial charge in [0.1, 0.15) is 11.5 Å². The highest BCUT2D eigenvalue weighted by Crippen LogP contribution is 2.17. The summed E-state index contributed by atoms with van der Waals surface area (Å²) in [6, 6.07) is 13.9. The predicted molar refractivity (Wildman–Crippen MR) is 109 cm³/mol. The van der Waals surface area contributed by atoms with E-state index in [1.807, 2.05) is 26.0 Å². The molecule has 2 rings (SSSR count). The molecular weight excluding hydrogens is 358 g/mol. The number of quaternary nitrogens is 1. The van der Waals surface area contributed by atoms with Gasteiger partial charge in [0.15, 0.2) is 12.6 Å². The number of carbonyl (C=O) groups excluding carboxylic acids is 2. The molecule has 28 heavy (non-hydrogen) atoms. The number of ether oxygens (including phenoxy) is 2. The Hall–Kier alpha value is -3.06. The SMILES string of the molecule is CC[NH+](CC(=O)Nc1ccc(OC)cc1)[C@@H](C)C(=O)Nc1cccc(OC)c1. The molecule has 1 unspecified atom stereocenters. The van der Waals surface area contributed by atoms with Crippen LogP contribution in [0, 0.1) is 0 Å². The van der Waals surface area contributed by atoms with Gasteiger partial charge in [0.25, 0.3) is 11.8 Å². The lowest BCUT2D eigenvalue weighted by Crippen LogP contribution is -3.17. The minimum atomic E-state index is -0.391. The molecule has 7 nitrogen and oxygen atoms in total. The normalized spacial score (nSPS) is 12.6. The van der Waals surface area contributed by atoms with Gasteiger partial charge in [0, 0.05) is 17.4 Å². The molecule has 0 aliphatic carbocycles. The van der Waals surface area contributed by atoms with Crippen molar-refractivity contribution in [3.05, 3.63) is 48.5 Å². The van der Waals surface area contributed by atoms with Crippen LogP contribution in [-0.2, 0) is 9.59 Å². The second-order valence-electron chi connectivity index (χ2n) is 6.41. The standard InChI is InChI=1S/C21H27N3O4/c1-5-24(14-20(25)22-16-9-11-18(27-3)12-10-16)15(2)21(26)23-17-7-6-8-19(13-17)28-4/h6-13,15H,5,14H2,1-4H3,(H,22,25)(H,23,26)/p+1/t15-/m0/s1. The molecule has 150 valence electrons. The molecule has 0 heterocycles. The summed E-state index contributed by atoms with van der Waals surface area (Å²) in [7, 11) is 3.17. The fourth-order valence-electron chi connectivity index (χ4n) is 2.81. The number of rotatable bonds is 9. The number of carbonyl (C=O) groups is 2. The monoisotopic (exact) mass is 386 g/mol. The van der Waals surface area contributed by atoms with Crippen molar-refractivity contribution in [2.45, 2.75) is 19.9 Å². The van der Waals surface area contributed by atoms with Crippen LogP contribution in [0.5, 0.6) is 11.5 Å². The molecule has 2 aromatic carbocycles. The van der Waals surface area contributed by atoms with Gasteiger partial charge in [-0.2, -0.15) is 0 Å². The molecule has 2 atom stereocenters. The fourth-order valence-corrected chi connectivity index (χ4v) is 2.81. The van der Waals surface area contributed by atoms with Gasteiger partial charge >= 0.3 is 0 Å². The highest BCUT2D eigenvalue weighted by molar-refractivity contribution is 5.94. The maximum atomic E-state index is 12.6. The third kappa shape index (κ3) is 5.99. The first kappa shape index (κ1) is 21.2. The molecular formula is C21H28N3O4+. The molecule has 0 saturated carbocycles. The first-order valence-electron chi connectivity index (χ1n) is 9.20. The van der Waals surface area contributed by atoms with Gasteiger partial charge < -0.3 is 25.0 Å². The van der Waals surface area contributed by atoms with E-state index in [1.165, 1.54) is 0 Å². The van der Waals surface area contributed by atoms with Crippen LogP contribution in [0.25, 0.3) is 0 Å². The molecule has 0 radical (unpaired) electrons. The Morgan fingerprint density at radius 2 is 1.64 bits per heavy atom. The van der Waals surface area contributed by atoms with E-state index in [0.717, 1.165) is 10.6 Å². The van der Waals surface area contributed by atoms with Crippen LogP contribution in [0.1, 0.15) is 13.8 Å². The maximum Gasteiger partial charge on any atom is 0.282 e. The molecule has 0 saturated heterocycles. The van der Waals surface area contributed by atoms with E-state index in [2.05, 4.69) is 10.6 Å². The van der Waals surface area contributed by atoms with Crippen LogP contribution in [0.15, 0.2) is 48.5 Å². The second-order valence-corrected chi connectivity index (χ2v) is 6.41. The van der Waals surface area contributed by atoms with E-state index >= 15 is 0 Å². The van der Waals surface area contributed by atoms with Crippen LogP contribution < -0.4 is 25.0 Å². The van der Waals surface area contributed by atoms with Crippen molar-refractivity contribution in [2.24, 2.45) is 0 Å². The smallest absolute Gasteiger partial charge is 0.282 e. The molecule has 0 bridgehead atoms. The summed E-state index contributed by atoms with van der Waals surface area (Å²) in [5, 5.41) is 5.73. The van der Waals surface area contributed by atoms with Crippen molar-refractivity contribution in [1.82, 2.24) is 0 Å². The van der Waals surface area contributed by atoms with Crippen LogP contribution in [0.2, 0.25) is 0 Å². The quantitative estimate of drug-likeness (QED) is 0.611. The summed E-state index contributed by atoms with van der Waals surface area (Å²) in [4.78, 5) is 25.9. The Bertz CT molecular complexity index is 792. The van der Waals surface area contributed by atoms with Crippen molar-refractivity contribution >= 4 is 23.2 Å². The van der Waals surface area contributed by atoms with Crippen molar-refractivity contribution in [3.63, 3.8) is 0 Å². The van der Waals surface area contributed by atoms with Gasteiger partial charge in [-0.05, 0) is 50.2 Å². The zero-order valence-electron chi connectivity index (χ0n) is 16.7. The Balaban J connectivity index is 1.94. The molecule has 7 heteroatoms. The average molecular weight is 386 g/mol. The zero-order chi connectivity index (χ0) is 20.5. The number of amides is 2. The van der Waals surface area contributed by atoms with Crippen molar-refractivity contribution in [1.29, 1.82) is 0 Å². The Morgan fingerprint density at radius 3 is 2.25 bits per heavy atom. The topological polar surface area (TPSA) is 81.1 Å². The first-order chi connectivity index (χ1) is 13.5. The lowest BCUT2D eigenvalue weighted by molar-refractivity contribution is -0.904. The lowest BCUT2D eigenvalue weighted by Gasteiger charge is -2.23. The van der Waals surface area contributed by atoms with E-state index in [-0.39, 0.29) is 18.4 Å². The molecule has 0 spiro atoms. The number of anilines is 2. The van der Waals surface area contributed by atoms with Crippen molar-refractivity contribution in [2.75, 3.05) is 37.9 Å². The first-order valence-corrected chi connectivity index (χ1v) is 9.20. The van der Waals surface area contributed by atoms with E-state index in [9.17, 15) is 9.59 Å². The number of methoxy groups -OCH3 is 2. The summed E-state index contributed by atoms with van der Waals surface area (Å²) in [5.74, 6) is 1.09. The predicted octanol–water partition coefficient (Wildman–Crippen LogP) is 1.57. The molecule has 2 aromatic rings. The van der Waals surface area contributed by atoms with Crippen LogP contribution >= 0.6 is 0 Å². The molecule has 0 aromatic heterocycles. The highest BCUT2D eigenvalue weighted by atomic mass is 16.5. The Labute approximate surface area is 165 Å². The van der Waals surface area contributed by atoms with Crippen LogP contribution in [0.3, 0.4) is 0 Å². The number of nitrogens with one attached hydrogen (secondary N) is 3. The number of hydrogen-bond acceptors (Lipinski definition) is 4. The van der Waals surface area contributed by atoms with Gasteiger partial charge in [0.2, 0.25) is 0 Å². The highest BCUT2D eigenvalue weighted by Gasteiger charge is 2.26. The molecule has 0 fully saturated rings. The van der Waals surface area contributed by atoms with Crippen LogP contribution in [-0.4, -0.2) is 45.2 Å². The maximum absolute atomic E-state index is 12.6. The van der Waals surface area contributed by atoms with Gasteiger partial charge in [-0.1, -0.05) is 6.07 Å². The lowest BCUT2D eigenvalue weighted by atomic mass is 10.2. The summed E-state index contributed by atoms with van der Waals surface area (Å²) < 4.78 is 10.3. The van der Waals surface area contributed by atoms with E-state index in [1.54, 1.807) is 50.6 Å². The molecule has 0 aliphatic heterocycles. The number of hydrogen-bond donors (Lipinski definition) is 3. The summed E-state index contributed by atoms with van der Waals surface area (Å²) in [6.45, 7) is 4.60. The van der Waals surface area contributed by atoms with E-state index in [4.69, 9.17) is 9.47 Å². The van der Waals surface area contributed by atoms with Gasteiger partial charge in [0.05, 0.1) is 20.8 Å². The van der Waals surface area contributed by atoms with Gasteiger partial charge in [-0.3, -0.25) is 9.59 Å². The van der Waals surface area contributed by atoms with Crippen molar-refractivity contribution < 1.29 is 24.0 Å². The second kappa shape index (κ2) is 10.3. The fraction of sp³-hybridized carbons (Fsp3) is 0.333. The third-order valence-electron chi connectivity index (χ3n) is 4.56. The Kier molecular flexibility index (Phi) is 7.83. The number of likely N-dealkylation sites (N-methyl/N-ethyl adjacent to an activating group) is 1. The molecule has 0 aliphatic rings. The van der Waals surface area contributed by atoms with Gasteiger partial charge in [-0.15, -0.1) is 0 Å². The Morgan fingerprint density at radius 1 is 0.964 bits per heavy atom. The minimum Gasteiger partial charge on any atom is -0.497 e. The van der Waals surface area contributed by atoms with Gasteiger partial charge in [-0.25, -0.2) is 0 Å². The molecule has 3 N–H and O–H groups in total. The average Bonchev–Trinajstić information content (AvgIpc) is 2.72. The summed E-state index contributed by atoms with van der Waals surface area (Å²) in [6.07, 6.45) is 0. The zero-order valence-corrected chi connectivity index (χ0v) is 16.7. The van der Waals surface area contributed by atoms with E-state index in [0.29, 0.717) is 23.7 Å². The third-order valence-corrected chi connectivity index (χ3v) is 4.56. The summed E-state index contributed by atoms with van der Waals surface area (Å²) in [5.41, 5.74) is 1.35.